The molecule has 0 saturated heterocycles. The molecule has 2 nitrogen and oxygen atoms in total. The lowest BCUT2D eigenvalue weighted by molar-refractivity contribution is -0.120. The van der Waals surface area contributed by atoms with Gasteiger partial charge >= 0.3 is 0 Å². The summed E-state index contributed by atoms with van der Waals surface area (Å²) in [7, 11) is 0. The Hall–Kier alpha value is -1.57. The molecule has 1 N–H and O–H groups in total. The van der Waals surface area contributed by atoms with Gasteiger partial charge in [0.1, 0.15) is 0 Å². The Morgan fingerprint density at radius 2 is 2.00 bits per heavy atom. The van der Waals surface area contributed by atoms with Crippen molar-refractivity contribution in [3.8, 4) is 0 Å². The first-order valence-corrected chi connectivity index (χ1v) is 7.76. The Balaban J connectivity index is 1.63. The molecule has 2 aliphatic carbocycles. The molecule has 2 bridgehead atoms. The second kappa shape index (κ2) is 5.43. The van der Waals surface area contributed by atoms with E-state index in [-0.39, 0.29) is 11.8 Å². The number of anilines is 1. The van der Waals surface area contributed by atoms with Crippen molar-refractivity contribution in [3.63, 3.8) is 0 Å². The predicted molar refractivity (Wildman–Crippen MR) is 82.6 cm³/mol. The minimum atomic E-state index is 0.180. The highest BCUT2D eigenvalue weighted by Gasteiger charge is 2.39. The molecule has 1 aromatic carbocycles. The van der Waals surface area contributed by atoms with Gasteiger partial charge in [-0.2, -0.15) is 0 Å². The summed E-state index contributed by atoms with van der Waals surface area (Å²) < 4.78 is 0. The fraction of sp³-hybridized carbons (Fsp3) is 0.500. The van der Waals surface area contributed by atoms with E-state index in [2.05, 4.69) is 43.4 Å². The quantitative estimate of drug-likeness (QED) is 0.809. The monoisotopic (exact) mass is 269 g/mol. The van der Waals surface area contributed by atoms with E-state index >= 15 is 0 Å². The molecule has 1 aromatic rings. The summed E-state index contributed by atoms with van der Waals surface area (Å²) in [5.41, 5.74) is 2.27. The summed E-state index contributed by atoms with van der Waals surface area (Å²) in [6.07, 6.45) is 7.84. The number of carbonyl (C=O) groups is 1. The van der Waals surface area contributed by atoms with Crippen molar-refractivity contribution in [2.75, 3.05) is 5.32 Å². The second-order valence-electron chi connectivity index (χ2n) is 6.31. The standard InChI is InChI=1S/C18H23NO/c1-3-12(2)14-6-8-16(9-7-14)19-18(20)17-11-13-4-5-15(17)10-13/h4-9,12-13,15,17H,3,10-11H2,1-2H3,(H,19,20). The van der Waals surface area contributed by atoms with E-state index in [1.54, 1.807) is 0 Å². The van der Waals surface area contributed by atoms with Crippen LogP contribution in [-0.2, 0) is 4.79 Å². The summed E-state index contributed by atoms with van der Waals surface area (Å²) in [6.45, 7) is 4.43. The van der Waals surface area contributed by atoms with Crippen LogP contribution in [0.3, 0.4) is 0 Å². The minimum Gasteiger partial charge on any atom is -0.326 e. The minimum absolute atomic E-state index is 0.180. The molecule has 4 atom stereocenters. The van der Waals surface area contributed by atoms with Crippen LogP contribution in [0.15, 0.2) is 36.4 Å². The zero-order valence-electron chi connectivity index (χ0n) is 12.3. The van der Waals surface area contributed by atoms with Crippen molar-refractivity contribution in [3.05, 3.63) is 42.0 Å². The van der Waals surface area contributed by atoms with E-state index in [0.29, 0.717) is 17.8 Å². The van der Waals surface area contributed by atoms with Crippen LogP contribution in [-0.4, -0.2) is 5.91 Å². The van der Waals surface area contributed by atoms with Crippen LogP contribution in [0.2, 0.25) is 0 Å². The van der Waals surface area contributed by atoms with Gasteiger partial charge in [-0.3, -0.25) is 4.79 Å². The Bertz CT molecular complexity index is 517. The second-order valence-corrected chi connectivity index (χ2v) is 6.31. The van der Waals surface area contributed by atoms with Crippen LogP contribution in [0, 0.1) is 17.8 Å². The average Bonchev–Trinajstić information content (AvgIpc) is 3.10. The van der Waals surface area contributed by atoms with Crippen molar-refractivity contribution < 1.29 is 4.79 Å². The van der Waals surface area contributed by atoms with E-state index in [4.69, 9.17) is 0 Å². The molecule has 2 heteroatoms. The first kappa shape index (κ1) is 13.4. The van der Waals surface area contributed by atoms with Gasteiger partial charge in [-0.15, -0.1) is 0 Å². The highest BCUT2D eigenvalue weighted by Crippen LogP contribution is 2.43. The van der Waals surface area contributed by atoms with E-state index in [1.165, 1.54) is 12.0 Å². The molecule has 3 rings (SSSR count). The van der Waals surface area contributed by atoms with E-state index in [9.17, 15) is 4.79 Å². The number of nitrogens with one attached hydrogen (secondary N) is 1. The predicted octanol–water partition coefficient (Wildman–Crippen LogP) is 4.35. The van der Waals surface area contributed by atoms with Gasteiger partial charge in [0.05, 0.1) is 0 Å². The van der Waals surface area contributed by atoms with Crippen molar-refractivity contribution >= 4 is 11.6 Å². The molecule has 2 aliphatic rings. The van der Waals surface area contributed by atoms with Gasteiger partial charge in [0, 0.05) is 11.6 Å². The first-order valence-electron chi connectivity index (χ1n) is 7.76. The first-order chi connectivity index (χ1) is 9.67. The largest absolute Gasteiger partial charge is 0.326 e. The maximum Gasteiger partial charge on any atom is 0.228 e. The molecule has 0 heterocycles. The number of allylic oxidation sites excluding steroid dienone is 2. The van der Waals surface area contributed by atoms with Crippen molar-refractivity contribution in [1.82, 2.24) is 0 Å². The van der Waals surface area contributed by atoms with Gasteiger partial charge < -0.3 is 5.32 Å². The molecule has 0 radical (unpaired) electrons. The van der Waals surface area contributed by atoms with E-state index in [0.717, 1.165) is 18.5 Å². The van der Waals surface area contributed by atoms with Gasteiger partial charge in [-0.1, -0.05) is 38.1 Å². The van der Waals surface area contributed by atoms with E-state index < -0.39 is 0 Å². The summed E-state index contributed by atoms with van der Waals surface area (Å²) in [5, 5.41) is 3.08. The Morgan fingerprint density at radius 1 is 1.25 bits per heavy atom. The van der Waals surface area contributed by atoms with Gasteiger partial charge in [-0.05, 0) is 54.7 Å². The number of fused-ring (bicyclic) bond motifs is 2. The smallest absolute Gasteiger partial charge is 0.228 e. The van der Waals surface area contributed by atoms with Gasteiger partial charge in [0.15, 0.2) is 0 Å². The molecule has 0 aromatic heterocycles. The maximum absolute atomic E-state index is 12.3. The highest BCUT2D eigenvalue weighted by atomic mass is 16.1. The maximum atomic E-state index is 12.3. The van der Waals surface area contributed by atoms with Crippen molar-refractivity contribution in [1.29, 1.82) is 0 Å². The third kappa shape index (κ3) is 2.52. The van der Waals surface area contributed by atoms with Crippen LogP contribution in [0.4, 0.5) is 5.69 Å². The van der Waals surface area contributed by atoms with Gasteiger partial charge in [0.2, 0.25) is 5.91 Å². The van der Waals surface area contributed by atoms with Crippen LogP contribution < -0.4 is 5.32 Å². The molecule has 1 fully saturated rings. The van der Waals surface area contributed by atoms with Gasteiger partial charge in [-0.25, -0.2) is 0 Å². The van der Waals surface area contributed by atoms with Crippen LogP contribution >= 0.6 is 0 Å². The fourth-order valence-electron chi connectivity index (χ4n) is 3.45. The highest BCUT2D eigenvalue weighted by molar-refractivity contribution is 5.93. The number of benzene rings is 1. The number of amides is 1. The Kier molecular flexibility index (Phi) is 3.64. The van der Waals surface area contributed by atoms with E-state index in [1.807, 2.05) is 12.1 Å². The Labute approximate surface area is 121 Å². The molecular weight excluding hydrogens is 246 g/mol. The Morgan fingerprint density at radius 3 is 2.55 bits per heavy atom. The van der Waals surface area contributed by atoms with Crippen LogP contribution in [0.25, 0.3) is 0 Å². The molecule has 4 unspecified atom stereocenters. The number of carbonyl (C=O) groups excluding carboxylic acids is 1. The summed E-state index contributed by atoms with van der Waals surface area (Å²) in [5.74, 6) is 2.07. The van der Waals surface area contributed by atoms with Crippen molar-refractivity contribution in [2.24, 2.45) is 17.8 Å². The summed E-state index contributed by atoms with van der Waals surface area (Å²) in [4.78, 5) is 12.3. The molecular formula is C18H23NO. The molecule has 1 amide bonds. The lowest BCUT2D eigenvalue weighted by Crippen LogP contribution is -2.25. The molecule has 106 valence electrons. The summed E-state index contributed by atoms with van der Waals surface area (Å²) >= 11 is 0. The van der Waals surface area contributed by atoms with Crippen molar-refractivity contribution in [2.45, 2.75) is 39.0 Å². The number of hydrogen-bond acceptors (Lipinski definition) is 1. The van der Waals surface area contributed by atoms with Crippen LogP contribution in [0.1, 0.15) is 44.6 Å². The molecule has 0 aliphatic heterocycles. The SMILES string of the molecule is CCC(C)c1ccc(NC(=O)C2CC3C=CC2C3)cc1. The zero-order valence-corrected chi connectivity index (χ0v) is 12.3. The third-order valence-corrected chi connectivity index (χ3v) is 4.98. The summed E-state index contributed by atoms with van der Waals surface area (Å²) in [6, 6.07) is 8.32. The van der Waals surface area contributed by atoms with Gasteiger partial charge in [0.25, 0.3) is 0 Å². The topological polar surface area (TPSA) is 29.1 Å². The normalized spacial score (nSPS) is 28.6. The number of rotatable bonds is 4. The lowest BCUT2D eigenvalue weighted by Gasteiger charge is -2.18. The number of hydrogen-bond donors (Lipinski definition) is 1. The molecule has 1 saturated carbocycles. The van der Waals surface area contributed by atoms with Crippen LogP contribution in [0.5, 0.6) is 0 Å². The lowest BCUT2D eigenvalue weighted by atomic mass is 9.92. The fourth-order valence-corrected chi connectivity index (χ4v) is 3.45. The molecule has 0 spiro atoms. The average molecular weight is 269 g/mol. The third-order valence-electron chi connectivity index (χ3n) is 4.98. The molecule has 20 heavy (non-hydrogen) atoms. The zero-order chi connectivity index (χ0) is 14.1.